The van der Waals surface area contributed by atoms with Gasteiger partial charge in [-0.05, 0) is 56.4 Å². The molecular formula is C21H24O2. The Kier molecular flexibility index (Phi) is 3.76. The molecule has 2 aliphatic rings. The van der Waals surface area contributed by atoms with Crippen LogP contribution in [0.2, 0.25) is 0 Å². The molecule has 2 aromatic carbocycles. The third kappa shape index (κ3) is 3.08. The van der Waals surface area contributed by atoms with Crippen LogP contribution in [0, 0.1) is 13.8 Å². The summed E-state index contributed by atoms with van der Waals surface area (Å²) in [7, 11) is 0. The Morgan fingerprint density at radius 1 is 0.739 bits per heavy atom. The Hall–Kier alpha value is -1.96. The number of benzene rings is 2. The molecule has 120 valence electrons. The monoisotopic (exact) mass is 308 g/mol. The van der Waals surface area contributed by atoms with Crippen LogP contribution in [0.5, 0.6) is 11.5 Å². The SMILES string of the molecule is Cc1ccc2c(c1)C[C@H]1CCC[C@H](Cc3cc(C)ccc3O1)O2. The molecule has 2 atom stereocenters. The van der Waals surface area contributed by atoms with Crippen LogP contribution < -0.4 is 9.47 Å². The van der Waals surface area contributed by atoms with E-state index in [0.29, 0.717) is 0 Å². The number of hydrogen-bond donors (Lipinski definition) is 0. The van der Waals surface area contributed by atoms with Crippen molar-refractivity contribution >= 4 is 0 Å². The topological polar surface area (TPSA) is 18.5 Å². The van der Waals surface area contributed by atoms with Gasteiger partial charge in [0.2, 0.25) is 0 Å². The van der Waals surface area contributed by atoms with Gasteiger partial charge in [-0.15, -0.1) is 0 Å². The molecule has 0 radical (unpaired) electrons. The number of aryl methyl sites for hydroxylation is 2. The van der Waals surface area contributed by atoms with Crippen molar-refractivity contribution in [3.63, 3.8) is 0 Å². The highest BCUT2D eigenvalue weighted by Gasteiger charge is 2.25. The van der Waals surface area contributed by atoms with Crippen LogP contribution >= 0.6 is 0 Å². The molecule has 0 spiro atoms. The maximum atomic E-state index is 6.44. The number of ether oxygens (including phenoxy) is 2. The minimum atomic E-state index is 0.234. The highest BCUT2D eigenvalue weighted by molar-refractivity contribution is 5.41. The lowest BCUT2D eigenvalue weighted by Gasteiger charge is -2.25. The van der Waals surface area contributed by atoms with Crippen LogP contribution in [0.15, 0.2) is 36.4 Å². The van der Waals surface area contributed by atoms with Crippen molar-refractivity contribution in [1.82, 2.24) is 0 Å². The molecule has 2 heteroatoms. The lowest BCUT2D eigenvalue weighted by Crippen LogP contribution is -2.22. The number of hydrogen-bond acceptors (Lipinski definition) is 2. The molecule has 4 rings (SSSR count). The van der Waals surface area contributed by atoms with Gasteiger partial charge < -0.3 is 9.47 Å². The van der Waals surface area contributed by atoms with E-state index in [1.54, 1.807) is 0 Å². The largest absolute Gasteiger partial charge is 0.490 e. The lowest BCUT2D eigenvalue weighted by atomic mass is 10.0. The molecule has 0 amide bonds. The molecule has 0 N–H and O–H groups in total. The van der Waals surface area contributed by atoms with Gasteiger partial charge in [0.05, 0.1) is 0 Å². The first kappa shape index (κ1) is 14.6. The second kappa shape index (κ2) is 5.92. The van der Waals surface area contributed by atoms with Gasteiger partial charge in [-0.2, -0.15) is 0 Å². The van der Waals surface area contributed by atoms with Gasteiger partial charge in [0.25, 0.3) is 0 Å². The summed E-state index contributed by atoms with van der Waals surface area (Å²) in [5, 5.41) is 0. The van der Waals surface area contributed by atoms with Gasteiger partial charge in [-0.3, -0.25) is 0 Å². The normalized spacial score (nSPS) is 23.0. The third-order valence-corrected chi connectivity index (χ3v) is 4.97. The quantitative estimate of drug-likeness (QED) is 0.697. The molecule has 0 saturated carbocycles. The molecule has 2 aromatic rings. The van der Waals surface area contributed by atoms with Gasteiger partial charge in [0.1, 0.15) is 23.7 Å². The van der Waals surface area contributed by atoms with E-state index < -0.39 is 0 Å². The zero-order chi connectivity index (χ0) is 15.8. The van der Waals surface area contributed by atoms with E-state index in [1.807, 2.05) is 0 Å². The van der Waals surface area contributed by atoms with Crippen molar-refractivity contribution in [3.8, 4) is 11.5 Å². The van der Waals surface area contributed by atoms with Crippen LogP contribution in [0.4, 0.5) is 0 Å². The molecule has 0 fully saturated rings. The van der Waals surface area contributed by atoms with E-state index in [9.17, 15) is 0 Å². The first-order valence-electron chi connectivity index (χ1n) is 8.70. The van der Waals surface area contributed by atoms with Crippen LogP contribution in [0.3, 0.4) is 0 Å². The molecule has 2 aliphatic heterocycles. The Balaban J connectivity index is 1.78. The van der Waals surface area contributed by atoms with Crippen LogP contribution in [0.1, 0.15) is 41.5 Å². The summed E-state index contributed by atoms with van der Waals surface area (Å²) in [5.41, 5.74) is 5.15. The molecule has 23 heavy (non-hydrogen) atoms. The van der Waals surface area contributed by atoms with Crippen molar-refractivity contribution in [1.29, 1.82) is 0 Å². The average molecular weight is 308 g/mol. The van der Waals surface area contributed by atoms with E-state index in [0.717, 1.165) is 43.6 Å². The maximum Gasteiger partial charge on any atom is 0.123 e. The summed E-state index contributed by atoms with van der Waals surface area (Å²) in [5.74, 6) is 2.10. The summed E-state index contributed by atoms with van der Waals surface area (Å²) >= 11 is 0. The summed E-state index contributed by atoms with van der Waals surface area (Å²) in [4.78, 5) is 0. The van der Waals surface area contributed by atoms with Crippen molar-refractivity contribution in [2.45, 2.75) is 58.2 Å². The molecular weight excluding hydrogens is 284 g/mol. The summed E-state index contributed by atoms with van der Waals surface area (Å²) in [6.07, 6.45) is 5.68. The molecule has 2 bridgehead atoms. The highest BCUT2D eigenvalue weighted by Crippen LogP contribution is 2.33. The van der Waals surface area contributed by atoms with E-state index in [4.69, 9.17) is 9.47 Å². The first-order chi connectivity index (χ1) is 11.2. The number of fused-ring (bicyclic) bond motifs is 6. The van der Waals surface area contributed by atoms with Crippen LogP contribution in [-0.4, -0.2) is 12.2 Å². The Morgan fingerprint density at radius 2 is 1.22 bits per heavy atom. The smallest absolute Gasteiger partial charge is 0.123 e. The fourth-order valence-electron chi connectivity index (χ4n) is 3.79. The first-order valence-corrected chi connectivity index (χ1v) is 8.70. The van der Waals surface area contributed by atoms with Gasteiger partial charge in [-0.1, -0.05) is 35.4 Å². The van der Waals surface area contributed by atoms with Crippen molar-refractivity contribution in [2.75, 3.05) is 0 Å². The highest BCUT2D eigenvalue weighted by atomic mass is 16.5. The van der Waals surface area contributed by atoms with Gasteiger partial charge in [-0.25, -0.2) is 0 Å². The fraction of sp³-hybridized carbons (Fsp3) is 0.429. The molecule has 0 aliphatic carbocycles. The van der Waals surface area contributed by atoms with Crippen molar-refractivity contribution in [3.05, 3.63) is 58.7 Å². The van der Waals surface area contributed by atoms with E-state index in [1.165, 1.54) is 22.3 Å². The Bertz CT molecular complexity index is 658. The second-order valence-corrected chi connectivity index (χ2v) is 7.04. The zero-order valence-electron chi connectivity index (χ0n) is 14.0. The third-order valence-electron chi connectivity index (χ3n) is 4.97. The predicted octanol–water partition coefficient (Wildman–Crippen LogP) is 4.78. The van der Waals surface area contributed by atoms with Crippen molar-refractivity contribution < 1.29 is 9.47 Å². The number of rotatable bonds is 0. The zero-order valence-corrected chi connectivity index (χ0v) is 14.0. The molecule has 0 saturated heterocycles. The van der Waals surface area contributed by atoms with E-state index in [-0.39, 0.29) is 12.2 Å². The minimum Gasteiger partial charge on any atom is -0.490 e. The molecule has 0 unspecified atom stereocenters. The molecule has 0 aromatic heterocycles. The predicted molar refractivity (Wildman–Crippen MR) is 92.4 cm³/mol. The van der Waals surface area contributed by atoms with Gasteiger partial charge in [0.15, 0.2) is 0 Å². The molecule has 2 nitrogen and oxygen atoms in total. The standard InChI is InChI=1S/C21H24O2/c1-14-6-8-20-16(10-14)12-18-4-3-5-19(22-20)13-17-11-15(2)7-9-21(17)23-18/h6-11,18-19H,3-5,12-13H2,1-2H3/t18-,19-/m1/s1. The fourth-order valence-corrected chi connectivity index (χ4v) is 3.79. The maximum absolute atomic E-state index is 6.44. The summed E-state index contributed by atoms with van der Waals surface area (Å²) in [6.45, 7) is 4.29. The van der Waals surface area contributed by atoms with Gasteiger partial charge >= 0.3 is 0 Å². The average Bonchev–Trinajstić information content (AvgIpc) is 2.64. The second-order valence-electron chi connectivity index (χ2n) is 7.04. The van der Waals surface area contributed by atoms with Crippen LogP contribution in [0.25, 0.3) is 0 Å². The van der Waals surface area contributed by atoms with E-state index in [2.05, 4.69) is 50.2 Å². The van der Waals surface area contributed by atoms with Gasteiger partial charge in [0, 0.05) is 12.8 Å². The van der Waals surface area contributed by atoms with Crippen molar-refractivity contribution in [2.24, 2.45) is 0 Å². The van der Waals surface area contributed by atoms with Crippen LogP contribution in [-0.2, 0) is 12.8 Å². The van der Waals surface area contributed by atoms with E-state index >= 15 is 0 Å². The Morgan fingerprint density at radius 3 is 1.70 bits per heavy atom. The summed E-state index contributed by atoms with van der Waals surface area (Å²) < 4.78 is 12.9. The minimum absolute atomic E-state index is 0.234. The Labute approximate surface area is 138 Å². The lowest BCUT2D eigenvalue weighted by molar-refractivity contribution is 0.187. The summed E-state index contributed by atoms with van der Waals surface area (Å²) in [6, 6.07) is 13.1. The molecule has 2 heterocycles.